The summed E-state index contributed by atoms with van der Waals surface area (Å²) in [5.41, 5.74) is 0. The van der Waals surface area contributed by atoms with Crippen LogP contribution in [0, 0.1) is 0 Å². The second kappa shape index (κ2) is 4.95. The largest absolute Gasteiger partial charge is 0.481 e. The van der Waals surface area contributed by atoms with E-state index in [0.29, 0.717) is 6.54 Å². The van der Waals surface area contributed by atoms with Crippen molar-refractivity contribution in [2.45, 2.75) is 25.3 Å². The zero-order valence-electron chi connectivity index (χ0n) is 8.32. The van der Waals surface area contributed by atoms with E-state index in [0.717, 1.165) is 19.4 Å². The molecule has 1 amide bonds. The van der Waals surface area contributed by atoms with Crippen LogP contribution in [-0.2, 0) is 9.59 Å². The zero-order chi connectivity index (χ0) is 10.6. The molecular formula is C9H16N2O3. The SMILES string of the molecule is CNC(=O)CN1CCCC1CC(=O)O. The van der Waals surface area contributed by atoms with Gasteiger partial charge in [0.1, 0.15) is 0 Å². The first-order chi connectivity index (χ1) is 6.63. The normalized spacial score (nSPS) is 22.2. The van der Waals surface area contributed by atoms with Crippen molar-refractivity contribution >= 4 is 11.9 Å². The maximum absolute atomic E-state index is 11.1. The molecular weight excluding hydrogens is 184 g/mol. The van der Waals surface area contributed by atoms with E-state index in [1.165, 1.54) is 0 Å². The number of carboxylic acid groups (broad SMARTS) is 1. The Morgan fingerprint density at radius 2 is 2.29 bits per heavy atom. The molecule has 1 atom stereocenters. The maximum atomic E-state index is 11.1. The van der Waals surface area contributed by atoms with E-state index in [9.17, 15) is 9.59 Å². The number of carboxylic acids is 1. The third-order valence-electron chi connectivity index (χ3n) is 2.53. The predicted molar refractivity (Wildman–Crippen MR) is 50.9 cm³/mol. The van der Waals surface area contributed by atoms with Gasteiger partial charge in [0, 0.05) is 13.1 Å². The first-order valence-electron chi connectivity index (χ1n) is 4.80. The monoisotopic (exact) mass is 200 g/mol. The molecule has 14 heavy (non-hydrogen) atoms. The lowest BCUT2D eigenvalue weighted by Gasteiger charge is -2.21. The molecule has 0 saturated carbocycles. The fraction of sp³-hybridized carbons (Fsp3) is 0.778. The molecule has 80 valence electrons. The Morgan fingerprint density at radius 3 is 2.86 bits per heavy atom. The lowest BCUT2D eigenvalue weighted by molar-refractivity contribution is -0.138. The average Bonchev–Trinajstić information content (AvgIpc) is 2.52. The molecule has 0 spiro atoms. The number of likely N-dealkylation sites (N-methyl/N-ethyl adjacent to an activating group) is 1. The molecule has 1 heterocycles. The van der Waals surface area contributed by atoms with Crippen LogP contribution in [0.15, 0.2) is 0 Å². The minimum atomic E-state index is -0.793. The smallest absolute Gasteiger partial charge is 0.304 e. The number of aliphatic carboxylic acids is 1. The van der Waals surface area contributed by atoms with Gasteiger partial charge in [-0.1, -0.05) is 0 Å². The van der Waals surface area contributed by atoms with Crippen molar-refractivity contribution in [2.24, 2.45) is 0 Å². The third kappa shape index (κ3) is 2.99. The lowest BCUT2D eigenvalue weighted by Crippen LogP contribution is -2.39. The van der Waals surface area contributed by atoms with Gasteiger partial charge in [-0.05, 0) is 19.4 Å². The molecule has 1 rings (SSSR count). The van der Waals surface area contributed by atoms with E-state index in [4.69, 9.17) is 5.11 Å². The van der Waals surface area contributed by atoms with E-state index in [2.05, 4.69) is 5.32 Å². The molecule has 1 unspecified atom stereocenters. The zero-order valence-corrected chi connectivity index (χ0v) is 8.32. The van der Waals surface area contributed by atoms with Crippen LogP contribution >= 0.6 is 0 Å². The van der Waals surface area contributed by atoms with E-state index >= 15 is 0 Å². The molecule has 1 aliphatic heterocycles. The molecule has 0 aromatic heterocycles. The van der Waals surface area contributed by atoms with Gasteiger partial charge in [0.25, 0.3) is 0 Å². The molecule has 0 aromatic carbocycles. The number of hydrogen-bond donors (Lipinski definition) is 2. The van der Waals surface area contributed by atoms with Gasteiger partial charge in [-0.15, -0.1) is 0 Å². The maximum Gasteiger partial charge on any atom is 0.304 e. The minimum Gasteiger partial charge on any atom is -0.481 e. The highest BCUT2D eigenvalue weighted by atomic mass is 16.4. The Labute approximate surface area is 83.1 Å². The topological polar surface area (TPSA) is 69.6 Å². The van der Waals surface area contributed by atoms with Gasteiger partial charge in [-0.25, -0.2) is 0 Å². The second-order valence-electron chi connectivity index (χ2n) is 3.54. The number of likely N-dealkylation sites (tertiary alicyclic amines) is 1. The van der Waals surface area contributed by atoms with Crippen LogP contribution in [-0.4, -0.2) is 48.1 Å². The van der Waals surface area contributed by atoms with Crippen LogP contribution in [0.5, 0.6) is 0 Å². The van der Waals surface area contributed by atoms with Crippen molar-refractivity contribution in [3.05, 3.63) is 0 Å². The summed E-state index contributed by atoms with van der Waals surface area (Å²) in [7, 11) is 1.59. The second-order valence-corrected chi connectivity index (χ2v) is 3.54. The van der Waals surface area contributed by atoms with Crippen LogP contribution < -0.4 is 5.32 Å². The molecule has 5 heteroatoms. The van der Waals surface area contributed by atoms with Gasteiger partial charge in [0.15, 0.2) is 0 Å². The standard InChI is InChI=1S/C9H16N2O3/c1-10-8(12)6-11-4-2-3-7(11)5-9(13)14/h7H,2-6H2,1H3,(H,10,12)(H,13,14). The molecule has 2 N–H and O–H groups in total. The van der Waals surface area contributed by atoms with Crippen molar-refractivity contribution in [1.82, 2.24) is 10.2 Å². The van der Waals surface area contributed by atoms with Crippen LogP contribution in [0.4, 0.5) is 0 Å². The Bertz CT molecular complexity index is 230. The molecule has 0 aromatic rings. The third-order valence-corrected chi connectivity index (χ3v) is 2.53. The highest BCUT2D eigenvalue weighted by Gasteiger charge is 2.27. The van der Waals surface area contributed by atoms with Gasteiger partial charge in [-0.2, -0.15) is 0 Å². The van der Waals surface area contributed by atoms with Gasteiger partial charge in [-0.3, -0.25) is 14.5 Å². The van der Waals surface area contributed by atoms with E-state index < -0.39 is 5.97 Å². The highest BCUT2D eigenvalue weighted by Crippen LogP contribution is 2.19. The molecule has 0 radical (unpaired) electrons. The van der Waals surface area contributed by atoms with Crippen molar-refractivity contribution < 1.29 is 14.7 Å². The molecule has 0 aliphatic carbocycles. The lowest BCUT2D eigenvalue weighted by atomic mass is 10.1. The summed E-state index contributed by atoms with van der Waals surface area (Å²) < 4.78 is 0. The summed E-state index contributed by atoms with van der Waals surface area (Å²) in [4.78, 5) is 23.6. The van der Waals surface area contributed by atoms with Gasteiger partial charge in [0.2, 0.25) is 5.91 Å². The van der Waals surface area contributed by atoms with Gasteiger partial charge >= 0.3 is 5.97 Å². The Balaban J connectivity index is 2.42. The van der Waals surface area contributed by atoms with Crippen molar-refractivity contribution in [2.75, 3.05) is 20.1 Å². The average molecular weight is 200 g/mol. The van der Waals surface area contributed by atoms with Crippen molar-refractivity contribution in [3.63, 3.8) is 0 Å². The number of rotatable bonds is 4. The number of nitrogens with zero attached hydrogens (tertiary/aromatic N) is 1. The van der Waals surface area contributed by atoms with Gasteiger partial charge in [0.05, 0.1) is 13.0 Å². The van der Waals surface area contributed by atoms with Crippen molar-refractivity contribution in [3.8, 4) is 0 Å². The number of nitrogens with one attached hydrogen (secondary N) is 1. The first kappa shape index (κ1) is 11.0. The van der Waals surface area contributed by atoms with Crippen LogP contribution in [0.1, 0.15) is 19.3 Å². The summed E-state index contributed by atoms with van der Waals surface area (Å²) in [5.74, 6) is -0.846. The van der Waals surface area contributed by atoms with E-state index in [1.54, 1.807) is 7.05 Å². The molecule has 1 saturated heterocycles. The highest BCUT2D eigenvalue weighted by molar-refractivity contribution is 5.77. The summed E-state index contributed by atoms with van der Waals surface area (Å²) in [5, 5.41) is 11.2. The Kier molecular flexibility index (Phi) is 3.88. The Hall–Kier alpha value is -1.10. The van der Waals surface area contributed by atoms with E-state index in [1.807, 2.05) is 4.90 Å². The summed E-state index contributed by atoms with van der Waals surface area (Å²) >= 11 is 0. The van der Waals surface area contributed by atoms with Crippen LogP contribution in [0.2, 0.25) is 0 Å². The minimum absolute atomic E-state index is 0.0322. The Morgan fingerprint density at radius 1 is 1.57 bits per heavy atom. The van der Waals surface area contributed by atoms with Gasteiger partial charge < -0.3 is 10.4 Å². The summed E-state index contributed by atoms with van der Waals surface area (Å²) in [6.45, 7) is 1.14. The van der Waals surface area contributed by atoms with Crippen molar-refractivity contribution in [1.29, 1.82) is 0 Å². The predicted octanol–water partition coefficient (Wildman–Crippen LogP) is -0.328. The molecule has 5 nitrogen and oxygen atoms in total. The number of carbonyl (C=O) groups is 2. The first-order valence-corrected chi connectivity index (χ1v) is 4.80. The number of amides is 1. The quantitative estimate of drug-likeness (QED) is 0.652. The molecule has 1 fully saturated rings. The molecule has 1 aliphatic rings. The van der Waals surface area contributed by atoms with Crippen LogP contribution in [0.3, 0.4) is 0 Å². The summed E-state index contributed by atoms with van der Waals surface area (Å²) in [6.07, 6.45) is 2.00. The summed E-state index contributed by atoms with van der Waals surface area (Å²) in [6, 6.07) is 0.0322. The number of hydrogen-bond acceptors (Lipinski definition) is 3. The van der Waals surface area contributed by atoms with Crippen LogP contribution in [0.25, 0.3) is 0 Å². The molecule has 0 bridgehead atoms. The fourth-order valence-electron chi connectivity index (χ4n) is 1.80. The van der Waals surface area contributed by atoms with E-state index in [-0.39, 0.29) is 18.4 Å². The number of carbonyl (C=O) groups excluding carboxylic acids is 1. The fourth-order valence-corrected chi connectivity index (χ4v) is 1.80.